The van der Waals surface area contributed by atoms with E-state index in [1.165, 1.54) is 13.0 Å². The SMILES string of the molecule is CC(=O)c1ccc(N2CCN(CCC(=O)Nc3cccc(Cl)c3)CC2)c(F)c1. The van der Waals surface area contributed by atoms with Crippen LogP contribution in [0.2, 0.25) is 5.02 Å². The summed E-state index contributed by atoms with van der Waals surface area (Å²) in [5.74, 6) is -0.580. The van der Waals surface area contributed by atoms with Crippen LogP contribution in [0.15, 0.2) is 42.5 Å². The zero-order valence-electron chi connectivity index (χ0n) is 15.8. The molecule has 148 valence electrons. The fraction of sp³-hybridized carbons (Fsp3) is 0.333. The summed E-state index contributed by atoms with van der Waals surface area (Å²) < 4.78 is 14.3. The van der Waals surface area contributed by atoms with Gasteiger partial charge in [0.15, 0.2) is 5.78 Å². The minimum absolute atomic E-state index is 0.0597. The van der Waals surface area contributed by atoms with Crippen LogP contribution in [-0.4, -0.2) is 49.3 Å². The van der Waals surface area contributed by atoms with Crippen LogP contribution in [0.4, 0.5) is 15.8 Å². The van der Waals surface area contributed by atoms with Gasteiger partial charge >= 0.3 is 0 Å². The summed E-state index contributed by atoms with van der Waals surface area (Å²) in [6, 6.07) is 11.7. The van der Waals surface area contributed by atoms with Crippen LogP contribution in [0.1, 0.15) is 23.7 Å². The number of ketones is 1. The van der Waals surface area contributed by atoms with E-state index in [2.05, 4.69) is 10.2 Å². The molecule has 0 aliphatic carbocycles. The first-order chi connectivity index (χ1) is 13.4. The number of carbonyl (C=O) groups is 2. The molecule has 2 aromatic carbocycles. The average Bonchev–Trinajstić information content (AvgIpc) is 2.67. The number of anilines is 2. The molecule has 1 fully saturated rings. The molecule has 0 aromatic heterocycles. The molecule has 1 N–H and O–H groups in total. The Kier molecular flexibility index (Phi) is 6.65. The fourth-order valence-electron chi connectivity index (χ4n) is 3.24. The van der Waals surface area contributed by atoms with E-state index in [1.54, 1.807) is 36.4 Å². The van der Waals surface area contributed by atoms with E-state index < -0.39 is 0 Å². The summed E-state index contributed by atoms with van der Waals surface area (Å²) in [7, 11) is 0. The number of hydrogen-bond acceptors (Lipinski definition) is 4. The van der Waals surface area contributed by atoms with Gasteiger partial charge < -0.3 is 10.2 Å². The Morgan fingerprint density at radius 3 is 2.50 bits per heavy atom. The lowest BCUT2D eigenvalue weighted by molar-refractivity contribution is -0.116. The van der Waals surface area contributed by atoms with Crippen LogP contribution < -0.4 is 10.2 Å². The second-order valence-electron chi connectivity index (χ2n) is 6.86. The predicted octanol–water partition coefficient (Wildman–Crippen LogP) is 3.83. The molecule has 0 saturated carbocycles. The Hall–Kier alpha value is -2.44. The van der Waals surface area contributed by atoms with Crippen molar-refractivity contribution >= 4 is 34.7 Å². The van der Waals surface area contributed by atoms with E-state index in [-0.39, 0.29) is 17.5 Å². The molecule has 1 aliphatic heterocycles. The van der Waals surface area contributed by atoms with Gasteiger partial charge in [0.1, 0.15) is 5.82 Å². The quantitative estimate of drug-likeness (QED) is 0.745. The molecule has 0 spiro atoms. The number of Topliss-reactive ketones (excluding diaryl/α,β-unsaturated/α-hetero) is 1. The maximum atomic E-state index is 14.3. The first-order valence-electron chi connectivity index (χ1n) is 9.25. The number of halogens is 2. The lowest BCUT2D eigenvalue weighted by Gasteiger charge is -2.36. The molecular formula is C21H23ClFN3O2. The van der Waals surface area contributed by atoms with Crippen molar-refractivity contribution in [3.05, 3.63) is 58.9 Å². The maximum absolute atomic E-state index is 14.3. The summed E-state index contributed by atoms with van der Waals surface area (Å²) in [6.45, 7) is 4.91. The average molecular weight is 404 g/mol. The highest BCUT2D eigenvalue weighted by atomic mass is 35.5. The van der Waals surface area contributed by atoms with Crippen LogP contribution in [-0.2, 0) is 4.79 Å². The zero-order chi connectivity index (χ0) is 20.1. The lowest BCUT2D eigenvalue weighted by Crippen LogP contribution is -2.47. The Bertz CT molecular complexity index is 866. The van der Waals surface area contributed by atoms with E-state index in [0.717, 1.165) is 13.1 Å². The van der Waals surface area contributed by atoms with E-state index in [1.807, 2.05) is 4.90 Å². The Labute approximate surface area is 169 Å². The Morgan fingerprint density at radius 2 is 1.86 bits per heavy atom. The smallest absolute Gasteiger partial charge is 0.225 e. The zero-order valence-corrected chi connectivity index (χ0v) is 16.5. The van der Waals surface area contributed by atoms with Crippen molar-refractivity contribution < 1.29 is 14.0 Å². The normalized spacial score (nSPS) is 14.8. The Balaban J connectivity index is 1.46. The summed E-state index contributed by atoms with van der Waals surface area (Å²) in [4.78, 5) is 27.6. The number of piperazine rings is 1. The molecule has 3 rings (SSSR count). The largest absolute Gasteiger partial charge is 0.367 e. The van der Waals surface area contributed by atoms with Crippen LogP contribution in [0.3, 0.4) is 0 Å². The van der Waals surface area contributed by atoms with Gasteiger partial charge in [0, 0.05) is 55.4 Å². The van der Waals surface area contributed by atoms with Crippen molar-refractivity contribution in [2.45, 2.75) is 13.3 Å². The number of benzene rings is 2. The third-order valence-corrected chi connectivity index (χ3v) is 5.07. The van der Waals surface area contributed by atoms with Gasteiger partial charge in [-0.05, 0) is 43.3 Å². The number of nitrogens with one attached hydrogen (secondary N) is 1. The molecule has 1 aliphatic rings. The molecule has 1 saturated heterocycles. The monoisotopic (exact) mass is 403 g/mol. The first-order valence-corrected chi connectivity index (χ1v) is 9.63. The summed E-state index contributed by atoms with van der Waals surface area (Å²) in [5.41, 5.74) is 1.58. The molecule has 0 atom stereocenters. The summed E-state index contributed by atoms with van der Waals surface area (Å²) >= 11 is 5.92. The van der Waals surface area contributed by atoms with Gasteiger partial charge in [0.05, 0.1) is 5.69 Å². The number of rotatable bonds is 6. The van der Waals surface area contributed by atoms with Crippen LogP contribution >= 0.6 is 11.6 Å². The molecule has 1 amide bonds. The number of carbonyl (C=O) groups excluding carboxylic acids is 2. The van der Waals surface area contributed by atoms with Crippen molar-refractivity contribution in [1.29, 1.82) is 0 Å². The van der Waals surface area contributed by atoms with Gasteiger partial charge in [-0.2, -0.15) is 0 Å². The minimum Gasteiger partial charge on any atom is -0.367 e. The van der Waals surface area contributed by atoms with Crippen LogP contribution in [0.25, 0.3) is 0 Å². The molecule has 2 aromatic rings. The second-order valence-corrected chi connectivity index (χ2v) is 7.30. The number of amides is 1. The topological polar surface area (TPSA) is 52.7 Å². The van der Waals surface area contributed by atoms with Gasteiger partial charge in [0.25, 0.3) is 0 Å². The van der Waals surface area contributed by atoms with Gasteiger partial charge in [-0.3, -0.25) is 14.5 Å². The van der Waals surface area contributed by atoms with E-state index in [0.29, 0.717) is 48.0 Å². The summed E-state index contributed by atoms with van der Waals surface area (Å²) in [6.07, 6.45) is 0.383. The van der Waals surface area contributed by atoms with Gasteiger partial charge in [-0.25, -0.2) is 4.39 Å². The number of nitrogens with zero attached hydrogens (tertiary/aromatic N) is 2. The van der Waals surface area contributed by atoms with Gasteiger partial charge in [-0.15, -0.1) is 0 Å². The van der Waals surface area contributed by atoms with E-state index >= 15 is 0 Å². The van der Waals surface area contributed by atoms with Crippen molar-refractivity contribution in [2.75, 3.05) is 42.9 Å². The maximum Gasteiger partial charge on any atom is 0.225 e. The van der Waals surface area contributed by atoms with Crippen LogP contribution in [0.5, 0.6) is 0 Å². The van der Waals surface area contributed by atoms with Gasteiger partial charge in [-0.1, -0.05) is 17.7 Å². The van der Waals surface area contributed by atoms with Crippen molar-refractivity contribution in [3.63, 3.8) is 0 Å². The summed E-state index contributed by atoms with van der Waals surface area (Å²) in [5, 5.41) is 3.42. The minimum atomic E-state index is -0.373. The fourth-order valence-corrected chi connectivity index (χ4v) is 3.43. The molecule has 0 bridgehead atoms. The molecule has 1 heterocycles. The molecular weight excluding hydrogens is 381 g/mol. The predicted molar refractivity (Wildman–Crippen MR) is 110 cm³/mol. The van der Waals surface area contributed by atoms with Crippen molar-refractivity contribution in [3.8, 4) is 0 Å². The molecule has 7 heteroatoms. The third kappa shape index (κ3) is 5.30. The van der Waals surface area contributed by atoms with Crippen LogP contribution in [0, 0.1) is 5.82 Å². The highest BCUT2D eigenvalue weighted by Gasteiger charge is 2.20. The lowest BCUT2D eigenvalue weighted by atomic mass is 10.1. The third-order valence-electron chi connectivity index (χ3n) is 4.83. The molecule has 5 nitrogen and oxygen atoms in total. The first kappa shape index (κ1) is 20.3. The second kappa shape index (κ2) is 9.17. The van der Waals surface area contributed by atoms with E-state index in [9.17, 15) is 14.0 Å². The van der Waals surface area contributed by atoms with E-state index in [4.69, 9.17) is 11.6 Å². The molecule has 28 heavy (non-hydrogen) atoms. The highest BCUT2D eigenvalue weighted by molar-refractivity contribution is 6.30. The standard InChI is InChI=1S/C21H23ClFN3O2/c1-15(27)16-5-6-20(19(23)13-16)26-11-9-25(10-12-26)8-7-21(28)24-18-4-2-3-17(22)14-18/h2-6,13-14H,7-12H2,1H3,(H,24,28). The van der Waals surface area contributed by atoms with Crippen molar-refractivity contribution in [2.24, 2.45) is 0 Å². The highest BCUT2D eigenvalue weighted by Crippen LogP contribution is 2.22. The van der Waals surface area contributed by atoms with Gasteiger partial charge in [0.2, 0.25) is 5.91 Å². The Morgan fingerprint density at radius 1 is 1.11 bits per heavy atom. The number of hydrogen-bond donors (Lipinski definition) is 1. The molecule has 0 radical (unpaired) electrons. The molecule has 0 unspecified atom stereocenters. The van der Waals surface area contributed by atoms with Crippen molar-refractivity contribution in [1.82, 2.24) is 4.90 Å².